The lowest BCUT2D eigenvalue weighted by Crippen LogP contribution is -2.43. The molecule has 4 amide bonds. The van der Waals surface area contributed by atoms with E-state index in [1.807, 2.05) is 4.90 Å². The van der Waals surface area contributed by atoms with Crippen molar-refractivity contribution in [2.75, 3.05) is 44.7 Å². The largest absolute Gasteiger partial charge is 0.336 e. The van der Waals surface area contributed by atoms with Gasteiger partial charge >= 0.3 is 0 Å². The van der Waals surface area contributed by atoms with Crippen LogP contribution in [0, 0.1) is 5.92 Å². The fourth-order valence-electron chi connectivity index (χ4n) is 4.55. The number of likely N-dealkylation sites (tertiary alicyclic amines) is 1. The van der Waals surface area contributed by atoms with Crippen LogP contribution in [-0.2, 0) is 27.3 Å². The van der Waals surface area contributed by atoms with Crippen molar-refractivity contribution in [3.63, 3.8) is 0 Å². The molecular formula is C21H26N4O4S. The van der Waals surface area contributed by atoms with Crippen LogP contribution in [0.1, 0.15) is 46.5 Å². The van der Waals surface area contributed by atoms with Crippen LogP contribution in [-0.4, -0.2) is 78.1 Å². The molecule has 5 rings (SSSR count). The maximum Gasteiger partial charge on any atom is 0.257 e. The summed E-state index contributed by atoms with van der Waals surface area (Å²) in [5, 5.41) is 0.760. The maximum atomic E-state index is 13.1. The maximum absolute atomic E-state index is 13.1. The summed E-state index contributed by atoms with van der Waals surface area (Å²) >= 11 is 1.49. The van der Waals surface area contributed by atoms with E-state index in [2.05, 4.69) is 0 Å². The first-order valence-corrected chi connectivity index (χ1v) is 11.5. The van der Waals surface area contributed by atoms with Crippen LogP contribution in [0.25, 0.3) is 0 Å². The van der Waals surface area contributed by atoms with E-state index in [1.165, 1.54) is 16.2 Å². The van der Waals surface area contributed by atoms with Crippen LogP contribution in [0.15, 0.2) is 0 Å². The standard InChI is InChI=1S/C21H26N4O4S/c1-22-11-18(28)25(9-13-4-5-13)21-19(20(22)29)14-6-8-24(10-15(14)30-21)17(27)12-23-7-2-3-16(23)26/h13H,2-12H2,1H3. The van der Waals surface area contributed by atoms with E-state index in [4.69, 9.17) is 0 Å². The van der Waals surface area contributed by atoms with Gasteiger partial charge in [0, 0.05) is 38.0 Å². The third-order valence-corrected chi connectivity index (χ3v) is 7.75. The molecule has 4 heterocycles. The molecule has 9 heteroatoms. The normalized spacial score (nSPS) is 21.8. The molecule has 0 atom stereocenters. The Hall–Kier alpha value is -2.42. The van der Waals surface area contributed by atoms with Crippen molar-refractivity contribution in [2.45, 2.75) is 38.6 Å². The zero-order valence-electron chi connectivity index (χ0n) is 17.2. The van der Waals surface area contributed by atoms with Crippen molar-refractivity contribution in [2.24, 2.45) is 5.92 Å². The summed E-state index contributed by atoms with van der Waals surface area (Å²) in [7, 11) is 1.68. The summed E-state index contributed by atoms with van der Waals surface area (Å²) in [5.41, 5.74) is 1.65. The van der Waals surface area contributed by atoms with Gasteiger partial charge in [-0.2, -0.15) is 0 Å². The summed E-state index contributed by atoms with van der Waals surface area (Å²) in [5.74, 6) is 0.392. The molecule has 2 fully saturated rings. The number of nitrogens with zero attached hydrogens (tertiary/aromatic N) is 4. The quantitative estimate of drug-likeness (QED) is 0.716. The summed E-state index contributed by atoms with van der Waals surface area (Å²) < 4.78 is 0. The van der Waals surface area contributed by atoms with E-state index < -0.39 is 0 Å². The highest BCUT2D eigenvalue weighted by atomic mass is 32.1. The van der Waals surface area contributed by atoms with Gasteiger partial charge in [-0.05, 0) is 37.2 Å². The molecule has 0 N–H and O–H groups in total. The van der Waals surface area contributed by atoms with E-state index in [0.717, 1.165) is 34.7 Å². The molecule has 0 aromatic carbocycles. The zero-order chi connectivity index (χ0) is 21.0. The average molecular weight is 431 g/mol. The molecule has 1 saturated heterocycles. The van der Waals surface area contributed by atoms with Crippen LogP contribution in [0.4, 0.5) is 5.00 Å². The molecule has 1 saturated carbocycles. The fourth-order valence-corrected chi connectivity index (χ4v) is 5.93. The molecule has 3 aliphatic heterocycles. The minimum Gasteiger partial charge on any atom is -0.336 e. The Bertz CT molecular complexity index is 938. The second kappa shape index (κ2) is 7.37. The number of likely N-dealkylation sites (N-methyl/N-ethyl adjacent to an activating group) is 1. The van der Waals surface area contributed by atoms with Crippen molar-refractivity contribution < 1.29 is 19.2 Å². The van der Waals surface area contributed by atoms with Gasteiger partial charge in [0.25, 0.3) is 5.91 Å². The van der Waals surface area contributed by atoms with Gasteiger partial charge < -0.3 is 19.6 Å². The number of carbonyl (C=O) groups is 4. The zero-order valence-corrected chi connectivity index (χ0v) is 18.0. The summed E-state index contributed by atoms with van der Waals surface area (Å²) in [6.45, 7) is 2.53. The summed E-state index contributed by atoms with van der Waals surface area (Å²) in [6, 6.07) is 0. The van der Waals surface area contributed by atoms with Crippen molar-refractivity contribution in [3.05, 3.63) is 16.0 Å². The SMILES string of the molecule is CN1CC(=O)N(CC2CC2)c2sc3c(c2C1=O)CCN(C(=O)CN1CCCC1=O)C3. The Labute approximate surface area is 179 Å². The van der Waals surface area contributed by atoms with E-state index >= 15 is 0 Å². The Kier molecular flexibility index (Phi) is 4.80. The fraction of sp³-hybridized carbons (Fsp3) is 0.619. The highest BCUT2D eigenvalue weighted by Crippen LogP contribution is 2.43. The van der Waals surface area contributed by atoms with Gasteiger partial charge in [0.2, 0.25) is 17.7 Å². The van der Waals surface area contributed by atoms with Gasteiger partial charge in [0.15, 0.2) is 0 Å². The Balaban J connectivity index is 1.41. The molecule has 0 radical (unpaired) electrons. The Morgan fingerprint density at radius 2 is 1.87 bits per heavy atom. The van der Waals surface area contributed by atoms with E-state index in [-0.39, 0.29) is 36.7 Å². The molecule has 160 valence electrons. The molecule has 4 aliphatic rings. The van der Waals surface area contributed by atoms with E-state index in [9.17, 15) is 19.2 Å². The Morgan fingerprint density at radius 1 is 1.07 bits per heavy atom. The molecular weight excluding hydrogens is 404 g/mol. The van der Waals surface area contributed by atoms with Crippen LogP contribution in [0.2, 0.25) is 0 Å². The van der Waals surface area contributed by atoms with Crippen molar-refractivity contribution in [1.29, 1.82) is 0 Å². The van der Waals surface area contributed by atoms with Crippen molar-refractivity contribution in [3.8, 4) is 0 Å². The average Bonchev–Trinajstić information content (AvgIpc) is 3.36. The third kappa shape index (κ3) is 3.38. The first-order valence-electron chi connectivity index (χ1n) is 10.7. The van der Waals surface area contributed by atoms with Gasteiger partial charge in [-0.15, -0.1) is 11.3 Å². The predicted molar refractivity (Wildman–Crippen MR) is 111 cm³/mol. The van der Waals surface area contributed by atoms with Crippen LogP contribution in [0.5, 0.6) is 0 Å². The first kappa shape index (κ1) is 19.5. The lowest BCUT2D eigenvalue weighted by Gasteiger charge is -2.29. The number of amides is 4. The second-order valence-corrected chi connectivity index (χ2v) is 9.86. The number of hydrogen-bond acceptors (Lipinski definition) is 5. The molecule has 0 bridgehead atoms. The van der Waals surface area contributed by atoms with Crippen molar-refractivity contribution >= 4 is 40.0 Å². The lowest BCUT2D eigenvalue weighted by atomic mass is 10.0. The smallest absolute Gasteiger partial charge is 0.257 e. The number of hydrogen-bond donors (Lipinski definition) is 0. The molecule has 0 spiro atoms. The number of thiophene rings is 1. The predicted octanol–water partition coefficient (Wildman–Crippen LogP) is 1.08. The molecule has 0 unspecified atom stereocenters. The van der Waals surface area contributed by atoms with Gasteiger partial charge in [-0.25, -0.2) is 0 Å². The van der Waals surface area contributed by atoms with Crippen LogP contribution in [0.3, 0.4) is 0 Å². The van der Waals surface area contributed by atoms with Crippen molar-refractivity contribution in [1.82, 2.24) is 14.7 Å². The van der Waals surface area contributed by atoms with E-state index in [0.29, 0.717) is 50.5 Å². The highest BCUT2D eigenvalue weighted by Gasteiger charge is 2.39. The second-order valence-electron chi connectivity index (χ2n) is 8.78. The summed E-state index contributed by atoms with van der Waals surface area (Å²) in [6.07, 6.45) is 4.20. The van der Waals surface area contributed by atoms with Crippen LogP contribution < -0.4 is 4.90 Å². The van der Waals surface area contributed by atoms with E-state index in [1.54, 1.807) is 16.8 Å². The molecule has 1 aromatic heterocycles. The summed E-state index contributed by atoms with van der Waals surface area (Å²) in [4.78, 5) is 58.3. The highest BCUT2D eigenvalue weighted by molar-refractivity contribution is 7.17. The minimum absolute atomic E-state index is 0.0319. The van der Waals surface area contributed by atoms with Gasteiger partial charge in [0.1, 0.15) is 11.5 Å². The third-order valence-electron chi connectivity index (χ3n) is 6.51. The van der Waals surface area contributed by atoms with Crippen LogP contribution >= 0.6 is 11.3 Å². The monoisotopic (exact) mass is 430 g/mol. The number of carbonyl (C=O) groups excluding carboxylic acids is 4. The molecule has 30 heavy (non-hydrogen) atoms. The molecule has 1 aliphatic carbocycles. The Morgan fingerprint density at radius 3 is 2.57 bits per heavy atom. The molecule has 8 nitrogen and oxygen atoms in total. The molecule has 1 aromatic rings. The number of anilines is 1. The lowest BCUT2D eigenvalue weighted by molar-refractivity contribution is -0.138. The van der Waals surface area contributed by atoms with Gasteiger partial charge in [0.05, 0.1) is 18.7 Å². The van der Waals surface area contributed by atoms with Gasteiger partial charge in [-0.1, -0.05) is 0 Å². The number of rotatable bonds is 4. The topological polar surface area (TPSA) is 81.2 Å². The van der Waals surface area contributed by atoms with Gasteiger partial charge in [-0.3, -0.25) is 19.2 Å². The first-order chi connectivity index (χ1) is 14.4. The minimum atomic E-state index is -0.100. The number of fused-ring (bicyclic) bond motifs is 3.